The molecule has 2 N–H and O–H groups in total. The number of esters is 1. The number of methoxy groups -OCH3 is 1. The summed E-state index contributed by atoms with van der Waals surface area (Å²) < 4.78 is 4.46. The number of benzene rings is 1. The van der Waals surface area contributed by atoms with Gasteiger partial charge in [0.05, 0.1) is 17.7 Å². The van der Waals surface area contributed by atoms with Crippen LogP contribution in [0.1, 0.15) is 20.7 Å². The van der Waals surface area contributed by atoms with Gasteiger partial charge in [0, 0.05) is 4.79 Å². The van der Waals surface area contributed by atoms with Crippen LogP contribution < -0.4 is 0 Å². The number of halogens is 1. The minimum absolute atomic E-state index is 0.0688. The third kappa shape index (κ3) is 2.03. The van der Waals surface area contributed by atoms with E-state index in [1.54, 1.807) is 0 Å². The molecule has 0 saturated heterocycles. The molecule has 0 bridgehead atoms. The van der Waals surface area contributed by atoms with E-state index in [-0.39, 0.29) is 16.1 Å². The summed E-state index contributed by atoms with van der Waals surface area (Å²) in [7, 11) is 1.25. The molecule has 0 unspecified atom stereocenters. The van der Waals surface area contributed by atoms with Gasteiger partial charge in [-0.3, -0.25) is 0 Å². The smallest absolute Gasteiger partial charge is 0.550 e. The molecule has 1 aromatic carbocycles. The summed E-state index contributed by atoms with van der Waals surface area (Å²) in [4.78, 5) is 21.7. The Balaban J connectivity index is 3.12. The quantitative estimate of drug-likeness (QED) is 0.546. The van der Waals surface area contributed by atoms with Gasteiger partial charge in [0.2, 0.25) is 0 Å². The van der Waals surface area contributed by atoms with Crippen LogP contribution in [-0.4, -0.2) is 24.2 Å². The highest BCUT2D eigenvalue weighted by Gasteiger charge is 2.17. The second-order valence-electron chi connectivity index (χ2n) is 2.52. The molecule has 0 aromatic heterocycles. The first kappa shape index (κ1) is 10.5. The molecule has 0 aliphatic carbocycles. The van der Waals surface area contributed by atoms with E-state index in [4.69, 9.17) is 16.7 Å². The van der Waals surface area contributed by atoms with Crippen molar-refractivity contribution in [2.75, 3.05) is 7.11 Å². The highest BCUT2D eigenvalue weighted by molar-refractivity contribution is 6.33. The zero-order valence-corrected chi connectivity index (χ0v) is 8.09. The van der Waals surface area contributed by atoms with Gasteiger partial charge in [0.25, 0.3) is 0 Å². The Morgan fingerprint density at radius 2 is 2.07 bits per heavy atom. The van der Waals surface area contributed by atoms with Crippen LogP contribution in [0.25, 0.3) is 0 Å². The molecule has 0 heterocycles. The predicted molar refractivity (Wildman–Crippen MR) is 50.7 cm³/mol. The van der Waals surface area contributed by atoms with E-state index in [0.717, 1.165) is 0 Å². The van der Waals surface area contributed by atoms with Crippen LogP contribution in [0.2, 0.25) is 5.02 Å². The SMILES string of the molecule is COC(=O)c1ccc(C(=O)[OH2+])c(Cl)c1. The van der Waals surface area contributed by atoms with Crippen LogP contribution in [0.15, 0.2) is 18.2 Å². The van der Waals surface area contributed by atoms with Crippen LogP contribution >= 0.6 is 11.6 Å². The molecule has 5 heteroatoms. The Hall–Kier alpha value is -1.55. The van der Waals surface area contributed by atoms with Crippen LogP contribution in [0.3, 0.4) is 0 Å². The topological polar surface area (TPSA) is 66.3 Å². The molecular formula is C9H8ClO4+. The molecular weight excluding hydrogens is 208 g/mol. The number of carbonyl (C=O) groups excluding carboxylic acids is 2. The maximum atomic E-state index is 11.0. The average Bonchev–Trinajstić information content (AvgIpc) is 2.15. The molecule has 74 valence electrons. The van der Waals surface area contributed by atoms with Gasteiger partial charge >= 0.3 is 11.9 Å². The van der Waals surface area contributed by atoms with Crippen LogP contribution in [0.5, 0.6) is 0 Å². The fourth-order valence-corrected chi connectivity index (χ4v) is 1.21. The van der Waals surface area contributed by atoms with Crippen molar-refractivity contribution in [3.63, 3.8) is 0 Å². The minimum atomic E-state index is -0.883. The van der Waals surface area contributed by atoms with Gasteiger partial charge < -0.3 is 9.84 Å². The summed E-state index contributed by atoms with van der Waals surface area (Å²) >= 11 is 5.68. The summed E-state index contributed by atoms with van der Waals surface area (Å²) in [5.41, 5.74) is 0.321. The van der Waals surface area contributed by atoms with Gasteiger partial charge in [-0.15, -0.1) is 0 Å². The molecule has 0 atom stereocenters. The molecule has 0 saturated carbocycles. The molecule has 0 aliphatic rings. The summed E-state index contributed by atoms with van der Waals surface area (Å²) in [6.07, 6.45) is 0. The zero-order chi connectivity index (χ0) is 10.7. The van der Waals surface area contributed by atoms with E-state index in [9.17, 15) is 9.59 Å². The van der Waals surface area contributed by atoms with Crippen molar-refractivity contribution in [2.45, 2.75) is 0 Å². The van der Waals surface area contributed by atoms with E-state index in [2.05, 4.69) is 4.74 Å². The Morgan fingerprint density at radius 3 is 2.50 bits per heavy atom. The van der Waals surface area contributed by atoms with E-state index >= 15 is 0 Å². The Kier molecular flexibility index (Phi) is 3.09. The van der Waals surface area contributed by atoms with Crippen molar-refractivity contribution in [1.29, 1.82) is 0 Å². The van der Waals surface area contributed by atoms with Crippen molar-refractivity contribution in [3.05, 3.63) is 34.3 Å². The maximum absolute atomic E-state index is 11.0. The molecule has 0 amide bonds. The van der Waals surface area contributed by atoms with Gasteiger partial charge in [-0.2, -0.15) is 0 Å². The van der Waals surface area contributed by atoms with Gasteiger partial charge in [0.15, 0.2) is 0 Å². The number of ether oxygens (including phenoxy) is 1. The Morgan fingerprint density at radius 1 is 1.43 bits per heavy atom. The summed E-state index contributed by atoms with van der Waals surface area (Å²) in [5, 5.41) is 6.92. The number of carbonyl (C=O) groups is 2. The predicted octanol–water partition coefficient (Wildman–Crippen LogP) is 0.991. The standard InChI is InChI=1S/C9H7ClO4/c1-14-9(13)5-2-3-6(8(11)12)7(10)4-5/h2-4H,1H3,(H,11,12)/p+1. The van der Waals surface area contributed by atoms with Crippen molar-refractivity contribution in [3.8, 4) is 0 Å². The number of hydrogen-bond acceptors (Lipinski definition) is 3. The van der Waals surface area contributed by atoms with Gasteiger partial charge in [-0.05, 0) is 18.2 Å². The first-order chi connectivity index (χ1) is 6.56. The highest BCUT2D eigenvalue weighted by Crippen LogP contribution is 2.18. The molecule has 14 heavy (non-hydrogen) atoms. The first-order valence-corrected chi connectivity index (χ1v) is 4.08. The van der Waals surface area contributed by atoms with Crippen molar-refractivity contribution < 1.29 is 19.4 Å². The lowest BCUT2D eigenvalue weighted by molar-refractivity contribution is 0.0598. The Bertz CT molecular complexity index is 386. The third-order valence-electron chi connectivity index (χ3n) is 1.63. The molecule has 1 rings (SSSR count). The van der Waals surface area contributed by atoms with Gasteiger partial charge in [-0.1, -0.05) is 11.6 Å². The minimum Gasteiger partial charge on any atom is -0.561 e. The average molecular weight is 216 g/mol. The summed E-state index contributed by atoms with van der Waals surface area (Å²) in [6, 6.07) is 4.01. The lowest BCUT2D eigenvalue weighted by atomic mass is 10.1. The van der Waals surface area contributed by atoms with E-state index in [0.29, 0.717) is 0 Å². The number of rotatable bonds is 2. The number of hydrogen-bond donors (Lipinski definition) is 0. The van der Waals surface area contributed by atoms with Crippen molar-refractivity contribution in [2.24, 2.45) is 0 Å². The first-order valence-electron chi connectivity index (χ1n) is 3.70. The van der Waals surface area contributed by atoms with Crippen molar-refractivity contribution >= 4 is 23.5 Å². The third-order valence-corrected chi connectivity index (χ3v) is 1.95. The second kappa shape index (κ2) is 4.11. The molecule has 0 spiro atoms. The van der Waals surface area contributed by atoms with Crippen LogP contribution in [0, 0.1) is 0 Å². The summed E-state index contributed by atoms with van der Waals surface area (Å²) in [6.45, 7) is 0. The molecule has 0 fully saturated rings. The molecule has 1 aromatic rings. The second-order valence-corrected chi connectivity index (χ2v) is 2.92. The highest BCUT2D eigenvalue weighted by atomic mass is 35.5. The molecule has 4 nitrogen and oxygen atoms in total. The monoisotopic (exact) mass is 215 g/mol. The lowest BCUT2D eigenvalue weighted by Gasteiger charge is -2.00. The van der Waals surface area contributed by atoms with E-state index in [1.807, 2.05) is 0 Å². The fraction of sp³-hybridized carbons (Fsp3) is 0.111. The zero-order valence-electron chi connectivity index (χ0n) is 7.33. The van der Waals surface area contributed by atoms with E-state index < -0.39 is 11.9 Å². The van der Waals surface area contributed by atoms with Gasteiger partial charge in [-0.25, -0.2) is 4.79 Å². The normalized spacial score (nSPS) is 9.57. The molecule has 0 radical (unpaired) electrons. The Labute approximate surface area is 85.1 Å². The van der Waals surface area contributed by atoms with Crippen LogP contribution in [0.4, 0.5) is 0 Å². The summed E-state index contributed by atoms with van der Waals surface area (Å²) in [5.74, 6) is -1.41. The van der Waals surface area contributed by atoms with E-state index in [1.165, 1.54) is 25.3 Å². The lowest BCUT2D eigenvalue weighted by Crippen LogP contribution is -2.03. The van der Waals surface area contributed by atoms with Gasteiger partial charge in [0.1, 0.15) is 5.56 Å². The largest absolute Gasteiger partial charge is 0.561 e. The molecule has 0 aliphatic heterocycles. The van der Waals surface area contributed by atoms with Crippen LogP contribution in [-0.2, 0) is 4.74 Å². The fourth-order valence-electron chi connectivity index (χ4n) is 0.944. The van der Waals surface area contributed by atoms with Crippen molar-refractivity contribution in [1.82, 2.24) is 0 Å². The maximum Gasteiger partial charge on any atom is 0.550 e.